The molecule has 1 rings (SSSR count). The van der Waals surface area contributed by atoms with Gasteiger partial charge < -0.3 is 9.84 Å². The molecule has 1 aromatic carbocycles. The summed E-state index contributed by atoms with van der Waals surface area (Å²) in [5.74, 6) is 1.08. The van der Waals surface area contributed by atoms with Crippen molar-refractivity contribution in [3.63, 3.8) is 0 Å². The minimum Gasteiger partial charge on any atom is -0.508 e. The molecule has 0 aliphatic heterocycles. The Balaban J connectivity index is 2.97. The van der Waals surface area contributed by atoms with Gasteiger partial charge in [-0.05, 0) is 63.1 Å². The van der Waals surface area contributed by atoms with E-state index in [1.54, 1.807) is 12.1 Å². The average Bonchev–Trinajstić information content (AvgIpc) is 2.41. The highest BCUT2D eigenvalue weighted by Crippen LogP contribution is 2.35. The van der Waals surface area contributed by atoms with Crippen LogP contribution in [0.2, 0.25) is 0 Å². The van der Waals surface area contributed by atoms with E-state index in [1.807, 2.05) is 20.8 Å². The number of carbonyl (C=O) groups is 1. The molecular formula is C20H30O3. The van der Waals surface area contributed by atoms with Crippen LogP contribution in [0.3, 0.4) is 0 Å². The molecule has 3 nitrogen and oxygen atoms in total. The molecule has 23 heavy (non-hydrogen) atoms. The Morgan fingerprint density at radius 3 is 2.48 bits per heavy atom. The molecule has 1 aromatic rings. The van der Waals surface area contributed by atoms with Crippen LogP contribution in [-0.4, -0.2) is 11.1 Å². The second kappa shape index (κ2) is 8.76. The van der Waals surface area contributed by atoms with Crippen molar-refractivity contribution in [3.05, 3.63) is 34.9 Å². The summed E-state index contributed by atoms with van der Waals surface area (Å²) in [7, 11) is 0. The van der Waals surface area contributed by atoms with Gasteiger partial charge in [0.25, 0.3) is 0 Å². The Labute approximate surface area is 140 Å². The minimum atomic E-state index is -0.220. The van der Waals surface area contributed by atoms with Crippen LogP contribution in [0, 0.1) is 12.8 Å². The largest absolute Gasteiger partial charge is 0.508 e. The average molecular weight is 318 g/mol. The molecule has 1 unspecified atom stereocenters. The second-order valence-electron chi connectivity index (χ2n) is 7.01. The smallest absolute Gasteiger partial charge is 0.311 e. The van der Waals surface area contributed by atoms with Crippen LogP contribution in [0.1, 0.15) is 70.9 Å². The van der Waals surface area contributed by atoms with Gasteiger partial charge in [0.1, 0.15) is 11.5 Å². The quantitative estimate of drug-likeness (QED) is 0.410. The van der Waals surface area contributed by atoms with Gasteiger partial charge in [0, 0.05) is 12.0 Å². The first kappa shape index (κ1) is 19.3. The fraction of sp³-hybridized carbons (Fsp3) is 0.550. The maximum absolute atomic E-state index is 12.0. The molecule has 0 aromatic heterocycles. The Morgan fingerprint density at radius 1 is 1.26 bits per heavy atom. The molecule has 0 saturated heterocycles. The molecule has 0 bridgehead atoms. The molecule has 1 N–H and O–H groups in total. The predicted molar refractivity (Wildman–Crippen MR) is 95.0 cm³/mol. The van der Waals surface area contributed by atoms with E-state index in [0.29, 0.717) is 12.2 Å². The van der Waals surface area contributed by atoms with Crippen LogP contribution in [-0.2, 0) is 4.79 Å². The summed E-state index contributed by atoms with van der Waals surface area (Å²) in [6.07, 6.45) is 4.51. The first-order valence-electron chi connectivity index (χ1n) is 8.38. The number of hydrogen-bond donors (Lipinski definition) is 1. The highest BCUT2D eigenvalue weighted by Gasteiger charge is 2.17. The molecule has 0 spiro atoms. The third-order valence-electron chi connectivity index (χ3n) is 3.81. The molecular weight excluding hydrogens is 288 g/mol. The number of phenols is 1. The number of rotatable bonds is 7. The molecule has 0 aliphatic rings. The Hall–Kier alpha value is -1.77. The number of esters is 1. The topological polar surface area (TPSA) is 46.5 Å². The van der Waals surface area contributed by atoms with E-state index < -0.39 is 0 Å². The molecule has 0 aliphatic carbocycles. The Kier molecular flexibility index (Phi) is 7.34. The number of aryl methyl sites for hydroxylation is 1. The summed E-state index contributed by atoms with van der Waals surface area (Å²) in [4.78, 5) is 12.0. The van der Waals surface area contributed by atoms with Gasteiger partial charge in [-0.2, -0.15) is 0 Å². The molecule has 0 fully saturated rings. The highest BCUT2D eigenvalue weighted by atomic mass is 16.5. The lowest BCUT2D eigenvalue weighted by atomic mass is 9.93. The lowest BCUT2D eigenvalue weighted by molar-refractivity contribution is -0.135. The van der Waals surface area contributed by atoms with Crippen LogP contribution in [0.4, 0.5) is 0 Å². The van der Waals surface area contributed by atoms with Gasteiger partial charge in [-0.1, -0.05) is 32.4 Å². The summed E-state index contributed by atoms with van der Waals surface area (Å²) in [6.45, 7) is 12.1. The molecule has 0 amide bonds. The third-order valence-corrected chi connectivity index (χ3v) is 3.81. The van der Waals surface area contributed by atoms with E-state index in [-0.39, 0.29) is 23.6 Å². The van der Waals surface area contributed by atoms with E-state index in [2.05, 4.69) is 26.8 Å². The van der Waals surface area contributed by atoms with Gasteiger partial charge in [-0.15, -0.1) is 0 Å². The second-order valence-corrected chi connectivity index (χ2v) is 7.01. The molecule has 3 heteroatoms. The Bertz CT molecular complexity index is 566. The predicted octanol–water partition coefficient (Wildman–Crippen LogP) is 5.50. The van der Waals surface area contributed by atoms with Crippen molar-refractivity contribution < 1.29 is 14.6 Å². The first-order valence-corrected chi connectivity index (χ1v) is 8.38. The van der Waals surface area contributed by atoms with Gasteiger partial charge in [0.15, 0.2) is 0 Å². The van der Waals surface area contributed by atoms with E-state index in [0.717, 1.165) is 24.0 Å². The van der Waals surface area contributed by atoms with E-state index >= 15 is 0 Å². The normalized spacial score (nSPS) is 12.1. The number of carbonyl (C=O) groups excluding carboxylic acids is 1. The number of phenolic OH excluding ortho intramolecular Hbond substituents is 1. The van der Waals surface area contributed by atoms with Crippen LogP contribution in [0.5, 0.6) is 11.5 Å². The summed E-state index contributed by atoms with van der Waals surface area (Å²) in [5, 5.41) is 10.0. The fourth-order valence-electron chi connectivity index (χ4n) is 2.43. The molecule has 0 saturated carbocycles. The van der Waals surface area contributed by atoms with E-state index in [9.17, 15) is 9.90 Å². The summed E-state index contributed by atoms with van der Waals surface area (Å²) in [5.41, 5.74) is 2.91. The number of allylic oxidation sites excluding steroid dienone is 2. The third kappa shape index (κ3) is 6.47. The van der Waals surface area contributed by atoms with Crippen molar-refractivity contribution in [3.8, 4) is 11.5 Å². The van der Waals surface area contributed by atoms with E-state index in [4.69, 9.17) is 4.74 Å². The molecule has 1 atom stereocenters. The summed E-state index contributed by atoms with van der Waals surface area (Å²) >= 11 is 0. The van der Waals surface area contributed by atoms with Crippen molar-refractivity contribution >= 4 is 5.97 Å². The number of ether oxygens (including phenoxy) is 1. The first-order chi connectivity index (χ1) is 10.7. The van der Waals surface area contributed by atoms with Crippen molar-refractivity contribution in [2.75, 3.05) is 0 Å². The van der Waals surface area contributed by atoms with Crippen LogP contribution in [0.25, 0.3) is 0 Å². The highest BCUT2D eigenvalue weighted by molar-refractivity contribution is 5.73. The van der Waals surface area contributed by atoms with Gasteiger partial charge in [-0.25, -0.2) is 0 Å². The van der Waals surface area contributed by atoms with Crippen LogP contribution >= 0.6 is 0 Å². The number of aromatic hydroxyl groups is 1. The van der Waals surface area contributed by atoms with Gasteiger partial charge >= 0.3 is 5.97 Å². The SMILES string of the molecule is CC(C)=CCCC(C)c1cc(O)c(C)cc1OC(=O)CC(C)C. The Morgan fingerprint density at radius 2 is 1.91 bits per heavy atom. The molecule has 128 valence electrons. The van der Waals surface area contributed by atoms with Crippen molar-refractivity contribution in [2.45, 2.75) is 66.7 Å². The van der Waals surface area contributed by atoms with Crippen LogP contribution < -0.4 is 4.74 Å². The zero-order valence-electron chi connectivity index (χ0n) is 15.3. The summed E-state index contributed by atoms with van der Waals surface area (Å²) < 4.78 is 5.58. The number of hydrogen-bond acceptors (Lipinski definition) is 3. The van der Waals surface area contributed by atoms with Crippen LogP contribution in [0.15, 0.2) is 23.8 Å². The van der Waals surface area contributed by atoms with Crippen molar-refractivity contribution in [1.29, 1.82) is 0 Å². The maximum Gasteiger partial charge on any atom is 0.311 e. The number of benzene rings is 1. The molecule has 0 radical (unpaired) electrons. The zero-order chi connectivity index (χ0) is 17.6. The van der Waals surface area contributed by atoms with Gasteiger partial charge in [-0.3, -0.25) is 4.79 Å². The molecule has 0 heterocycles. The van der Waals surface area contributed by atoms with Gasteiger partial charge in [0.2, 0.25) is 0 Å². The summed E-state index contributed by atoms with van der Waals surface area (Å²) in [6, 6.07) is 3.50. The van der Waals surface area contributed by atoms with Crippen molar-refractivity contribution in [1.82, 2.24) is 0 Å². The maximum atomic E-state index is 12.0. The fourth-order valence-corrected chi connectivity index (χ4v) is 2.43. The monoisotopic (exact) mass is 318 g/mol. The standard InChI is InChI=1S/C20H30O3/c1-13(2)8-7-9-15(5)17-12-18(21)16(6)11-19(17)23-20(22)10-14(3)4/h8,11-12,14-15,21H,7,9-10H2,1-6H3. The van der Waals surface area contributed by atoms with Gasteiger partial charge in [0.05, 0.1) is 0 Å². The minimum absolute atomic E-state index is 0.207. The van der Waals surface area contributed by atoms with E-state index in [1.165, 1.54) is 5.57 Å². The lowest BCUT2D eigenvalue weighted by Gasteiger charge is -2.18. The zero-order valence-corrected chi connectivity index (χ0v) is 15.3. The lowest BCUT2D eigenvalue weighted by Crippen LogP contribution is -2.12. The van der Waals surface area contributed by atoms with Crippen molar-refractivity contribution in [2.24, 2.45) is 5.92 Å².